The average molecular weight is 423 g/mol. The van der Waals surface area contributed by atoms with Gasteiger partial charge in [-0.05, 0) is 32.9 Å². The fourth-order valence-electron chi connectivity index (χ4n) is 3.10. The van der Waals surface area contributed by atoms with Crippen molar-refractivity contribution in [3.8, 4) is 0 Å². The van der Waals surface area contributed by atoms with Crippen molar-refractivity contribution in [2.24, 2.45) is 0 Å². The zero-order valence-electron chi connectivity index (χ0n) is 16.7. The number of anilines is 1. The van der Waals surface area contributed by atoms with Crippen molar-refractivity contribution in [3.05, 3.63) is 64.5 Å². The third-order valence-corrected chi connectivity index (χ3v) is 4.75. The first kappa shape index (κ1) is 21.5. The van der Waals surface area contributed by atoms with Crippen LogP contribution in [0.25, 0.3) is 0 Å². The molecule has 0 saturated heterocycles. The molecular weight excluding hydrogens is 402 g/mol. The second-order valence-electron chi connectivity index (χ2n) is 6.98. The Balaban J connectivity index is 1.67. The van der Waals surface area contributed by atoms with Crippen LogP contribution in [0.2, 0.25) is 0 Å². The van der Waals surface area contributed by atoms with Crippen molar-refractivity contribution in [3.63, 3.8) is 0 Å². The number of benzene rings is 1. The average Bonchev–Trinajstić information content (AvgIpc) is 3.17. The third kappa shape index (κ3) is 4.69. The molecule has 0 fully saturated rings. The van der Waals surface area contributed by atoms with Crippen LogP contribution < -0.4 is 5.32 Å². The third-order valence-electron chi connectivity index (χ3n) is 4.75. The molecule has 6 nitrogen and oxygen atoms in total. The number of aromatic nitrogens is 4. The van der Waals surface area contributed by atoms with Gasteiger partial charge in [-0.1, -0.05) is 18.2 Å². The van der Waals surface area contributed by atoms with E-state index in [1.54, 1.807) is 36.7 Å². The van der Waals surface area contributed by atoms with Crippen molar-refractivity contribution in [2.75, 3.05) is 5.32 Å². The van der Waals surface area contributed by atoms with E-state index in [0.717, 1.165) is 10.7 Å². The monoisotopic (exact) mass is 423 g/mol. The SMILES string of the molecule is Cc1nn(Cc2ccccc2F)c(C)c1NC(=O)CCn1nc(C(F)(F)F)cc1C. The van der Waals surface area contributed by atoms with Crippen LogP contribution in [0.1, 0.15) is 34.8 Å². The van der Waals surface area contributed by atoms with Gasteiger partial charge in [0, 0.05) is 24.2 Å². The molecule has 1 N–H and O–H groups in total. The summed E-state index contributed by atoms with van der Waals surface area (Å²) in [6, 6.07) is 7.30. The lowest BCUT2D eigenvalue weighted by Crippen LogP contribution is -2.17. The van der Waals surface area contributed by atoms with Gasteiger partial charge in [0.05, 0.1) is 23.6 Å². The predicted octanol–water partition coefficient (Wildman–Crippen LogP) is 4.24. The van der Waals surface area contributed by atoms with Crippen molar-refractivity contribution in [2.45, 2.75) is 46.5 Å². The fraction of sp³-hybridized carbons (Fsp3) is 0.350. The van der Waals surface area contributed by atoms with Crippen molar-refractivity contribution < 1.29 is 22.4 Å². The lowest BCUT2D eigenvalue weighted by atomic mass is 10.2. The smallest absolute Gasteiger partial charge is 0.323 e. The van der Waals surface area contributed by atoms with Gasteiger partial charge in [-0.3, -0.25) is 14.2 Å². The van der Waals surface area contributed by atoms with Crippen LogP contribution in [-0.4, -0.2) is 25.5 Å². The first-order valence-corrected chi connectivity index (χ1v) is 9.25. The molecule has 30 heavy (non-hydrogen) atoms. The molecule has 0 unspecified atom stereocenters. The van der Waals surface area contributed by atoms with E-state index in [4.69, 9.17) is 0 Å². The van der Waals surface area contributed by atoms with Gasteiger partial charge in [-0.25, -0.2) is 4.39 Å². The Bertz CT molecular complexity index is 1070. The molecule has 2 heterocycles. The summed E-state index contributed by atoms with van der Waals surface area (Å²) in [6.07, 6.45) is -4.59. The molecule has 10 heteroatoms. The van der Waals surface area contributed by atoms with Gasteiger partial charge in [0.1, 0.15) is 5.82 Å². The molecule has 1 amide bonds. The zero-order chi connectivity index (χ0) is 22.1. The molecule has 0 saturated carbocycles. The van der Waals surface area contributed by atoms with Gasteiger partial charge in [-0.2, -0.15) is 23.4 Å². The molecule has 0 aliphatic heterocycles. The van der Waals surface area contributed by atoms with Gasteiger partial charge in [-0.15, -0.1) is 0 Å². The minimum Gasteiger partial charge on any atom is -0.323 e. The van der Waals surface area contributed by atoms with Crippen LogP contribution >= 0.6 is 0 Å². The summed E-state index contributed by atoms with van der Waals surface area (Å²) in [4.78, 5) is 12.4. The van der Waals surface area contributed by atoms with E-state index in [9.17, 15) is 22.4 Å². The minimum atomic E-state index is -4.53. The number of halogens is 4. The summed E-state index contributed by atoms with van der Waals surface area (Å²) in [5, 5.41) is 10.6. The number of amides is 1. The first-order chi connectivity index (χ1) is 14.1. The number of alkyl halides is 3. The van der Waals surface area contributed by atoms with E-state index in [1.165, 1.54) is 13.0 Å². The largest absolute Gasteiger partial charge is 0.435 e. The Morgan fingerprint density at radius 3 is 2.43 bits per heavy atom. The van der Waals surface area contributed by atoms with Crippen LogP contribution in [0.15, 0.2) is 30.3 Å². The van der Waals surface area contributed by atoms with Crippen molar-refractivity contribution in [1.29, 1.82) is 0 Å². The van der Waals surface area contributed by atoms with Gasteiger partial charge in [0.2, 0.25) is 5.91 Å². The van der Waals surface area contributed by atoms with Crippen molar-refractivity contribution >= 4 is 11.6 Å². The summed E-state index contributed by atoms with van der Waals surface area (Å²) in [7, 11) is 0. The zero-order valence-corrected chi connectivity index (χ0v) is 16.7. The highest BCUT2D eigenvalue weighted by atomic mass is 19.4. The van der Waals surface area contributed by atoms with Crippen LogP contribution in [-0.2, 0) is 24.1 Å². The van der Waals surface area contributed by atoms with Crippen LogP contribution in [0.3, 0.4) is 0 Å². The molecule has 0 radical (unpaired) electrons. The lowest BCUT2D eigenvalue weighted by Gasteiger charge is -2.09. The van der Waals surface area contributed by atoms with Crippen LogP contribution in [0.4, 0.5) is 23.2 Å². The number of nitrogens with one attached hydrogen (secondary N) is 1. The molecule has 2 aromatic heterocycles. The molecule has 0 atom stereocenters. The molecule has 0 bridgehead atoms. The van der Waals surface area contributed by atoms with Gasteiger partial charge < -0.3 is 5.32 Å². The normalized spacial score (nSPS) is 11.7. The predicted molar refractivity (Wildman–Crippen MR) is 102 cm³/mol. The van der Waals surface area contributed by atoms with Crippen molar-refractivity contribution in [1.82, 2.24) is 19.6 Å². The maximum atomic E-state index is 13.9. The van der Waals surface area contributed by atoms with Gasteiger partial charge >= 0.3 is 6.18 Å². The van der Waals surface area contributed by atoms with E-state index in [1.807, 2.05) is 0 Å². The topological polar surface area (TPSA) is 64.7 Å². The highest BCUT2D eigenvalue weighted by Gasteiger charge is 2.34. The molecule has 3 aromatic rings. The molecule has 0 spiro atoms. The number of hydrogen-bond acceptors (Lipinski definition) is 3. The number of hydrogen-bond donors (Lipinski definition) is 1. The molecule has 1 aromatic carbocycles. The molecule has 3 rings (SSSR count). The quantitative estimate of drug-likeness (QED) is 0.603. The molecule has 0 aliphatic rings. The summed E-state index contributed by atoms with van der Waals surface area (Å²) in [6.45, 7) is 5.19. The standard InChI is InChI=1S/C20H21F4N5O/c1-12-10-17(20(22,23)24)27-28(12)9-8-18(30)25-19-13(2)26-29(14(19)3)11-15-6-4-5-7-16(15)21/h4-7,10H,8-9,11H2,1-3H3,(H,25,30). The Hall–Kier alpha value is -3.17. The molecule has 0 aliphatic carbocycles. The maximum Gasteiger partial charge on any atom is 0.435 e. The first-order valence-electron chi connectivity index (χ1n) is 9.25. The van der Waals surface area contributed by atoms with E-state index in [-0.39, 0.29) is 31.2 Å². The van der Waals surface area contributed by atoms with Crippen LogP contribution in [0, 0.1) is 26.6 Å². The Morgan fingerprint density at radius 1 is 1.10 bits per heavy atom. The number of aryl methyl sites for hydroxylation is 3. The number of carbonyl (C=O) groups excluding carboxylic acids is 1. The number of carbonyl (C=O) groups is 1. The molecular formula is C20H21F4N5O. The van der Waals surface area contributed by atoms with E-state index in [0.29, 0.717) is 28.3 Å². The fourth-order valence-corrected chi connectivity index (χ4v) is 3.10. The van der Waals surface area contributed by atoms with E-state index < -0.39 is 11.9 Å². The van der Waals surface area contributed by atoms with E-state index in [2.05, 4.69) is 15.5 Å². The summed E-state index contributed by atoms with van der Waals surface area (Å²) in [5.74, 6) is -0.724. The highest BCUT2D eigenvalue weighted by molar-refractivity contribution is 5.91. The highest BCUT2D eigenvalue weighted by Crippen LogP contribution is 2.28. The van der Waals surface area contributed by atoms with Crippen LogP contribution in [0.5, 0.6) is 0 Å². The number of nitrogens with zero attached hydrogens (tertiary/aromatic N) is 4. The summed E-state index contributed by atoms with van der Waals surface area (Å²) in [5.41, 5.74) is 1.52. The van der Waals surface area contributed by atoms with E-state index >= 15 is 0 Å². The van der Waals surface area contributed by atoms with Gasteiger partial charge in [0.15, 0.2) is 5.69 Å². The number of rotatable bonds is 6. The minimum absolute atomic E-state index is 0.00913. The Morgan fingerprint density at radius 2 is 1.80 bits per heavy atom. The Kier molecular flexibility index (Phi) is 5.95. The van der Waals surface area contributed by atoms with Gasteiger partial charge in [0.25, 0.3) is 0 Å². The Labute approximate surface area is 170 Å². The molecule has 160 valence electrons. The second-order valence-corrected chi connectivity index (χ2v) is 6.98. The summed E-state index contributed by atoms with van der Waals surface area (Å²) < 4.78 is 54.9. The summed E-state index contributed by atoms with van der Waals surface area (Å²) >= 11 is 0. The lowest BCUT2D eigenvalue weighted by molar-refractivity contribution is -0.141. The maximum absolute atomic E-state index is 13.9. The second kappa shape index (κ2) is 8.29.